The van der Waals surface area contributed by atoms with E-state index in [4.69, 9.17) is 9.47 Å². The first-order valence-corrected chi connectivity index (χ1v) is 10.6. The molecular weight excluding hydrogens is 380 g/mol. The van der Waals surface area contributed by atoms with Crippen LogP contribution in [0.4, 0.5) is 0 Å². The molecule has 5 heteroatoms. The van der Waals surface area contributed by atoms with E-state index in [9.17, 15) is 14.4 Å². The number of allylic oxidation sites excluding steroid dienone is 3. The van der Waals surface area contributed by atoms with Crippen molar-refractivity contribution in [2.75, 3.05) is 0 Å². The number of aldehydes is 1. The summed E-state index contributed by atoms with van der Waals surface area (Å²) in [6.07, 6.45) is 8.41. The van der Waals surface area contributed by atoms with Crippen LogP contribution in [0.3, 0.4) is 0 Å². The Morgan fingerprint density at radius 2 is 1.73 bits per heavy atom. The van der Waals surface area contributed by atoms with E-state index in [2.05, 4.69) is 19.6 Å². The number of aryl methyl sites for hydroxylation is 1. The summed E-state index contributed by atoms with van der Waals surface area (Å²) in [5.74, 6) is -0.554. The van der Waals surface area contributed by atoms with Gasteiger partial charge in [0.15, 0.2) is 0 Å². The van der Waals surface area contributed by atoms with E-state index in [1.54, 1.807) is 0 Å². The van der Waals surface area contributed by atoms with Gasteiger partial charge in [-0.05, 0) is 61.8 Å². The molecular formula is C25H32O5. The van der Waals surface area contributed by atoms with Gasteiger partial charge in [-0.15, -0.1) is 0 Å². The molecule has 2 unspecified atom stereocenters. The van der Waals surface area contributed by atoms with Crippen molar-refractivity contribution < 1.29 is 23.9 Å². The third kappa shape index (κ3) is 6.15. The Morgan fingerprint density at radius 3 is 2.23 bits per heavy atom. The van der Waals surface area contributed by atoms with Crippen molar-refractivity contribution in [1.29, 1.82) is 0 Å². The Kier molecular flexibility index (Phi) is 8.58. The standard InChI is InChI=1S/C25H32O5/c1-6-7-8-9-20-13-23(29-18(4)27)25(24(14-20)30-19(5)28)22-12-16(2)10-11-21(22)17(3)15-26/h12-15,21-22H,3,6-11H2,1-2,4-5H3. The summed E-state index contributed by atoms with van der Waals surface area (Å²) in [7, 11) is 0. The van der Waals surface area contributed by atoms with Gasteiger partial charge < -0.3 is 9.47 Å². The highest BCUT2D eigenvalue weighted by atomic mass is 16.5. The van der Waals surface area contributed by atoms with E-state index in [-0.39, 0.29) is 11.8 Å². The minimum absolute atomic E-state index is 0.152. The Labute approximate surface area is 179 Å². The second-order valence-electron chi connectivity index (χ2n) is 8.03. The molecule has 2 atom stereocenters. The fraction of sp³-hybridized carbons (Fsp3) is 0.480. The highest BCUT2D eigenvalue weighted by molar-refractivity contribution is 5.76. The predicted molar refractivity (Wildman–Crippen MR) is 117 cm³/mol. The lowest BCUT2D eigenvalue weighted by molar-refractivity contribution is -0.132. The second-order valence-corrected chi connectivity index (χ2v) is 8.03. The molecule has 0 fully saturated rings. The van der Waals surface area contributed by atoms with Crippen LogP contribution in [0.2, 0.25) is 0 Å². The lowest BCUT2D eigenvalue weighted by Crippen LogP contribution is -2.21. The largest absolute Gasteiger partial charge is 0.426 e. The van der Waals surface area contributed by atoms with Crippen molar-refractivity contribution in [3.8, 4) is 11.5 Å². The summed E-state index contributed by atoms with van der Waals surface area (Å²) >= 11 is 0. The average Bonchev–Trinajstić information content (AvgIpc) is 2.66. The average molecular weight is 413 g/mol. The molecule has 30 heavy (non-hydrogen) atoms. The van der Waals surface area contributed by atoms with Gasteiger partial charge in [0.2, 0.25) is 0 Å². The molecule has 1 aliphatic carbocycles. The van der Waals surface area contributed by atoms with E-state index in [1.165, 1.54) is 19.4 Å². The first-order chi connectivity index (χ1) is 14.3. The number of hydrogen-bond acceptors (Lipinski definition) is 5. The maximum absolute atomic E-state index is 11.9. The first-order valence-electron chi connectivity index (χ1n) is 10.6. The summed E-state index contributed by atoms with van der Waals surface area (Å²) in [6.45, 7) is 10.8. The molecule has 0 saturated carbocycles. The van der Waals surface area contributed by atoms with E-state index in [1.807, 2.05) is 19.1 Å². The Morgan fingerprint density at radius 1 is 1.13 bits per heavy atom. The van der Waals surface area contributed by atoms with Crippen LogP contribution >= 0.6 is 0 Å². The molecule has 0 heterocycles. The van der Waals surface area contributed by atoms with E-state index >= 15 is 0 Å². The Bertz CT molecular complexity index is 812. The number of rotatable bonds is 9. The number of hydrogen-bond donors (Lipinski definition) is 0. The first kappa shape index (κ1) is 23.6. The molecule has 0 saturated heterocycles. The maximum atomic E-state index is 11.9. The summed E-state index contributed by atoms with van der Waals surface area (Å²) in [6, 6.07) is 3.72. The molecule has 0 aromatic heterocycles. The van der Waals surface area contributed by atoms with Gasteiger partial charge in [0, 0.05) is 25.3 Å². The van der Waals surface area contributed by atoms with Crippen molar-refractivity contribution >= 4 is 18.2 Å². The molecule has 0 amide bonds. The van der Waals surface area contributed by atoms with E-state index in [0.717, 1.165) is 50.4 Å². The monoisotopic (exact) mass is 412 g/mol. The van der Waals surface area contributed by atoms with Gasteiger partial charge in [-0.1, -0.05) is 38.0 Å². The summed E-state index contributed by atoms with van der Waals surface area (Å²) in [5.41, 5.74) is 3.22. The summed E-state index contributed by atoms with van der Waals surface area (Å²) in [4.78, 5) is 35.2. The van der Waals surface area contributed by atoms with Crippen LogP contribution in [0.1, 0.15) is 76.8 Å². The zero-order valence-electron chi connectivity index (χ0n) is 18.5. The zero-order chi connectivity index (χ0) is 22.3. The van der Waals surface area contributed by atoms with Gasteiger partial charge in [0.25, 0.3) is 0 Å². The topological polar surface area (TPSA) is 69.7 Å². The van der Waals surface area contributed by atoms with Gasteiger partial charge in [-0.2, -0.15) is 0 Å². The summed E-state index contributed by atoms with van der Waals surface area (Å²) in [5, 5.41) is 0. The minimum Gasteiger partial charge on any atom is -0.426 e. The summed E-state index contributed by atoms with van der Waals surface area (Å²) < 4.78 is 11.2. The smallest absolute Gasteiger partial charge is 0.308 e. The fourth-order valence-corrected chi connectivity index (χ4v) is 4.04. The number of carbonyl (C=O) groups is 3. The molecule has 1 aromatic rings. The fourth-order valence-electron chi connectivity index (χ4n) is 4.04. The van der Waals surface area contributed by atoms with Crippen LogP contribution in [-0.2, 0) is 20.8 Å². The Hall–Kier alpha value is -2.69. The van der Waals surface area contributed by atoms with E-state index in [0.29, 0.717) is 22.6 Å². The van der Waals surface area contributed by atoms with Crippen molar-refractivity contribution in [3.05, 3.63) is 47.1 Å². The van der Waals surface area contributed by atoms with E-state index < -0.39 is 11.9 Å². The molecule has 0 N–H and O–H groups in total. The highest BCUT2D eigenvalue weighted by Crippen LogP contribution is 2.47. The second kappa shape index (κ2) is 10.9. The van der Waals surface area contributed by atoms with Crippen molar-refractivity contribution in [2.24, 2.45) is 5.92 Å². The number of carbonyl (C=O) groups excluding carboxylic acids is 3. The number of benzene rings is 1. The number of unbranched alkanes of at least 4 members (excludes halogenated alkanes) is 2. The van der Waals surface area contributed by atoms with Crippen molar-refractivity contribution in [3.63, 3.8) is 0 Å². The van der Waals surface area contributed by atoms with Crippen molar-refractivity contribution in [2.45, 2.75) is 72.1 Å². The third-order valence-corrected chi connectivity index (χ3v) is 5.45. The van der Waals surface area contributed by atoms with Gasteiger partial charge in [0.1, 0.15) is 17.8 Å². The van der Waals surface area contributed by atoms with Gasteiger partial charge in [0.05, 0.1) is 0 Å². The molecule has 0 radical (unpaired) electrons. The highest BCUT2D eigenvalue weighted by Gasteiger charge is 2.33. The Balaban J connectivity index is 2.66. The lowest BCUT2D eigenvalue weighted by Gasteiger charge is -2.32. The predicted octanol–water partition coefficient (Wildman–Crippen LogP) is 5.46. The molecule has 0 aliphatic heterocycles. The third-order valence-electron chi connectivity index (χ3n) is 5.45. The molecule has 5 nitrogen and oxygen atoms in total. The van der Waals surface area contributed by atoms with Gasteiger partial charge >= 0.3 is 11.9 Å². The molecule has 162 valence electrons. The lowest BCUT2D eigenvalue weighted by atomic mass is 9.73. The van der Waals surface area contributed by atoms with Crippen LogP contribution in [-0.4, -0.2) is 18.2 Å². The minimum atomic E-state index is -0.446. The molecule has 0 spiro atoms. The van der Waals surface area contributed by atoms with Crippen LogP contribution in [0.25, 0.3) is 0 Å². The van der Waals surface area contributed by atoms with Crippen LogP contribution in [0, 0.1) is 5.92 Å². The van der Waals surface area contributed by atoms with Gasteiger partial charge in [-0.3, -0.25) is 14.4 Å². The zero-order valence-corrected chi connectivity index (χ0v) is 18.5. The number of ether oxygens (including phenoxy) is 2. The molecule has 1 aliphatic rings. The molecule has 2 rings (SSSR count). The molecule has 1 aromatic carbocycles. The quantitative estimate of drug-likeness (QED) is 0.134. The van der Waals surface area contributed by atoms with Crippen LogP contribution in [0.5, 0.6) is 11.5 Å². The van der Waals surface area contributed by atoms with Crippen LogP contribution in [0.15, 0.2) is 35.9 Å². The van der Waals surface area contributed by atoms with Gasteiger partial charge in [-0.25, -0.2) is 0 Å². The van der Waals surface area contributed by atoms with Crippen LogP contribution < -0.4 is 9.47 Å². The van der Waals surface area contributed by atoms with Crippen molar-refractivity contribution in [1.82, 2.24) is 0 Å². The maximum Gasteiger partial charge on any atom is 0.308 e. The number of esters is 2. The normalized spacial score (nSPS) is 18.3. The SMILES string of the molecule is C=C(C=O)C1CCC(C)=CC1c1c(OC(C)=O)cc(CCCCC)cc1OC(C)=O. The molecule has 0 bridgehead atoms.